The second-order valence-corrected chi connectivity index (χ2v) is 9.13. The maximum atomic E-state index is 12.7. The Hall–Kier alpha value is -3.90. The molecule has 1 aromatic heterocycles. The molecule has 0 spiro atoms. The maximum absolute atomic E-state index is 12.7. The molecule has 178 valence electrons. The third-order valence-electron chi connectivity index (χ3n) is 5.65. The first-order chi connectivity index (χ1) is 17.1. The van der Waals surface area contributed by atoms with Crippen LogP contribution in [-0.4, -0.2) is 58.6 Å². The molecular weight excluding hydrogens is 460 g/mol. The van der Waals surface area contributed by atoms with Gasteiger partial charge in [0.15, 0.2) is 0 Å². The molecule has 2 amide bonds. The van der Waals surface area contributed by atoms with Crippen LogP contribution in [-0.2, 0) is 21.8 Å². The summed E-state index contributed by atoms with van der Waals surface area (Å²) < 4.78 is 0. The van der Waals surface area contributed by atoms with Gasteiger partial charge in [-0.1, -0.05) is 24.3 Å². The Bertz CT molecular complexity index is 1170. The van der Waals surface area contributed by atoms with Crippen LogP contribution in [0, 0.1) is 11.3 Å². The van der Waals surface area contributed by atoms with Gasteiger partial charge in [0.1, 0.15) is 0 Å². The van der Waals surface area contributed by atoms with Gasteiger partial charge in [-0.25, -0.2) is 9.97 Å². The van der Waals surface area contributed by atoms with E-state index in [1.807, 2.05) is 41.3 Å². The summed E-state index contributed by atoms with van der Waals surface area (Å²) in [6.45, 7) is 2.71. The van der Waals surface area contributed by atoms with Gasteiger partial charge >= 0.3 is 0 Å². The summed E-state index contributed by atoms with van der Waals surface area (Å²) in [6.07, 6.45) is 3.78. The fourth-order valence-electron chi connectivity index (χ4n) is 3.74. The molecule has 0 atom stereocenters. The van der Waals surface area contributed by atoms with Gasteiger partial charge in [-0.05, 0) is 41.5 Å². The minimum atomic E-state index is -0.0762. The molecule has 1 aliphatic rings. The minimum Gasteiger partial charge on any atom is -0.339 e. The van der Waals surface area contributed by atoms with Crippen molar-refractivity contribution in [3.05, 3.63) is 83.7 Å². The lowest BCUT2D eigenvalue weighted by atomic mass is 10.1. The van der Waals surface area contributed by atoms with Crippen molar-refractivity contribution in [2.45, 2.75) is 12.2 Å². The zero-order chi connectivity index (χ0) is 24.5. The number of hydrogen-bond donors (Lipinski definition) is 1. The van der Waals surface area contributed by atoms with Gasteiger partial charge in [0.2, 0.25) is 17.8 Å². The van der Waals surface area contributed by atoms with E-state index in [0.717, 1.165) is 11.1 Å². The monoisotopic (exact) mass is 486 g/mol. The van der Waals surface area contributed by atoms with Crippen LogP contribution in [0.1, 0.15) is 16.7 Å². The van der Waals surface area contributed by atoms with Crippen molar-refractivity contribution in [2.75, 3.05) is 42.1 Å². The van der Waals surface area contributed by atoms with E-state index in [9.17, 15) is 9.59 Å². The zero-order valence-electron chi connectivity index (χ0n) is 19.3. The van der Waals surface area contributed by atoms with E-state index in [1.54, 1.807) is 30.6 Å². The van der Waals surface area contributed by atoms with Crippen LogP contribution in [0.25, 0.3) is 0 Å². The number of nitrogens with zero attached hydrogens (tertiary/aromatic N) is 5. The molecule has 0 unspecified atom stereocenters. The fourth-order valence-corrected chi connectivity index (χ4v) is 4.52. The average molecular weight is 487 g/mol. The van der Waals surface area contributed by atoms with Gasteiger partial charge < -0.3 is 15.1 Å². The lowest BCUT2D eigenvalue weighted by molar-refractivity contribution is -0.130. The number of carbonyl (C=O) groups is 2. The van der Waals surface area contributed by atoms with Crippen LogP contribution in [0.3, 0.4) is 0 Å². The molecule has 35 heavy (non-hydrogen) atoms. The van der Waals surface area contributed by atoms with E-state index in [4.69, 9.17) is 5.26 Å². The highest BCUT2D eigenvalue weighted by Crippen LogP contribution is 2.16. The van der Waals surface area contributed by atoms with E-state index in [0.29, 0.717) is 61.3 Å². The van der Waals surface area contributed by atoms with Crippen molar-refractivity contribution in [2.24, 2.45) is 0 Å². The predicted octanol–water partition coefficient (Wildman–Crippen LogP) is 3.11. The van der Waals surface area contributed by atoms with Crippen LogP contribution >= 0.6 is 11.8 Å². The highest BCUT2D eigenvalue weighted by molar-refractivity contribution is 7.99. The molecule has 0 saturated carbocycles. The van der Waals surface area contributed by atoms with Crippen LogP contribution < -0.4 is 10.2 Å². The standard InChI is InChI=1S/C26H26N6O2S/c27-17-21-2-4-22(5-3-21)18-35-19-24(33)30-23-8-6-20(7-9-23)16-25(34)31-12-14-32(15-13-31)26-28-10-1-11-29-26/h1-11H,12-16,18-19H2,(H,30,33). The fraction of sp³-hybridized carbons (Fsp3) is 0.269. The molecule has 9 heteroatoms. The molecule has 1 aliphatic heterocycles. The van der Waals surface area contributed by atoms with Crippen LogP contribution in [0.5, 0.6) is 0 Å². The number of benzene rings is 2. The molecule has 2 aromatic carbocycles. The number of rotatable bonds is 8. The first-order valence-corrected chi connectivity index (χ1v) is 12.5. The zero-order valence-corrected chi connectivity index (χ0v) is 20.1. The third kappa shape index (κ3) is 7.04. The summed E-state index contributed by atoms with van der Waals surface area (Å²) in [5, 5.41) is 11.7. The van der Waals surface area contributed by atoms with Crippen molar-refractivity contribution in [3.8, 4) is 6.07 Å². The summed E-state index contributed by atoms with van der Waals surface area (Å²) in [5.41, 5.74) is 3.33. The second kappa shape index (κ2) is 12.0. The lowest BCUT2D eigenvalue weighted by Crippen LogP contribution is -2.49. The number of anilines is 2. The molecule has 1 N–H and O–H groups in total. The molecule has 0 bridgehead atoms. The van der Waals surface area contributed by atoms with Gasteiger partial charge in [0.25, 0.3) is 0 Å². The molecule has 0 aliphatic carbocycles. The summed E-state index contributed by atoms with van der Waals surface area (Å²) in [7, 11) is 0. The Morgan fingerprint density at radius 2 is 1.60 bits per heavy atom. The smallest absolute Gasteiger partial charge is 0.234 e. The van der Waals surface area contributed by atoms with Crippen molar-refractivity contribution >= 4 is 35.2 Å². The number of aromatic nitrogens is 2. The quantitative estimate of drug-likeness (QED) is 0.522. The SMILES string of the molecule is N#Cc1ccc(CSCC(=O)Nc2ccc(CC(=O)N3CCN(c4ncccn4)CC3)cc2)cc1. The molecule has 1 saturated heterocycles. The number of nitriles is 1. The van der Waals surface area contributed by atoms with Gasteiger partial charge in [-0.15, -0.1) is 11.8 Å². The Morgan fingerprint density at radius 1 is 0.943 bits per heavy atom. The molecule has 4 rings (SSSR count). The molecule has 3 aromatic rings. The minimum absolute atomic E-state index is 0.0762. The van der Waals surface area contributed by atoms with E-state index in [1.165, 1.54) is 11.8 Å². The molecule has 8 nitrogen and oxygen atoms in total. The van der Waals surface area contributed by atoms with Gasteiger partial charge in [0, 0.05) is 50.0 Å². The van der Waals surface area contributed by atoms with Gasteiger partial charge in [0.05, 0.1) is 23.8 Å². The highest BCUT2D eigenvalue weighted by Gasteiger charge is 2.22. The summed E-state index contributed by atoms with van der Waals surface area (Å²) in [5.74, 6) is 1.75. The van der Waals surface area contributed by atoms with Crippen molar-refractivity contribution in [1.82, 2.24) is 14.9 Å². The van der Waals surface area contributed by atoms with Gasteiger partial charge in [-0.3, -0.25) is 9.59 Å². The Morgan fingerprint density at radius 3 is 2.26 bits per heavy atom. The summed E-state index contributed by atoms with van der Waals surface area (Å²) >= 11 is 1.52. The number of hydrogen-bond acceptors (Lipinski definition) is 7. The van der Waals surface area contributed by atoms with Crippen molar-refractivity contribution < 1.29 is 9.59 Å². The maximum Gasteiger partial charge on any atom is 0.234 e. The van der Waals surface area contributed by atoms with E-state index >= 15 is 0 Å². The molecule has 2 heterocycles. The van der Waals surface area contributed by atoms with Crippen molar-refractivity contribution in [3.63, 3.8) is 0 Å². The first kappa shape index (κ1) is 24.2. The van der Waals surface area contributed by atoms with Crippen LogP contribution in [0.2, 0.25) is 0 Å². The Labute approximate surface area is 209 Å². The molecule has 1 fully saturated rings. The lowest BCUT2D eigenvalue weighted by Gasteiger charge is -2.34. The van der Waals surface area contributed by atoms with Crippen molar-refractivity contribution in [1.29, 1.82) is 5.26 Å². The van der Waals surface area contributed by atoms with E-state index in [2.05, 4.69) is 26.3 Å². The number of piperazine rings is 1. The van der Waals surface area contributed by atoms with Crippen LogP contribution in [0.15, 0.2) is 67.0 Å². The molecular formula is C26H26N6O2S. The first-order valence-electron chi connectivity index (χ1n) is 11.4. The van der Waals surface area contributed by atoms with E-state index < -0.39 is 0 Å². The highest BCUT2D eigenvalue weighted by atomic mass is 32.2. The number of nitrogens with one attached hydrogen (secondary N) is 1. The van der Waals surface area contributed by atoms with Crippen LogP contribution in [0.4, 0.5) is 11.6 Å². The van der Waals surface area contributed by atoms with E-state index in [-0.39, 0.29) is 11.8 Å². The number of amides is 2. The predicted molar refractivity (Wildman–Crippen MR) is 137 cm³/mol. The molecule has 0 radical (unpaired) electrons. The average Bonchev–Trinajstić information content (AvgIpc) is 2.91. The second-order valence-electron chi connectivity index (χ2n) is 8.14. The normalized spacial score (nSPS) is 13.2. The Balaban J connectivity index is 1.18. The number of carbonyl (C=O) groups excluding carboxylic acids is 2. The largest absolute Gasteiger partial charge is 0.339 e. The summed E-state index contributed by atoms with van der Waals surface area (Å²) in [6, 6.07) is 18.7. The number of thioether (sulfide) groups is 1. The van der Waals surface area contributed by atoms with Gasteiger partial charge in [-0.2, -0.15) is 5.26 Å². The Kier molecular flexibility index (Phi) is 8.30. The third-order valence-corrected chi connectivity index (χ3v) is 6.65. The topological polar surface area (TPSA) is 102 Å². The summed E-state index contributed by atoms with van der Waals surface area (Å²) in [4.78, 5) is 37.5.